The predicted octanol–water partition coefficient (Wildman–Crippen LogP) is 3.78. The zero-order valence-corrected chi connectivity index (χ0v) is 18.5. The highest BCUT2D eigenvalue weighted by atomic mass is 32.2. The largest absolute Gasteiger partial charge is 0.383 e. The summed E-state index contributed by atoms with van der Waals surface area (Å²) in [6.07, 6.45) is 4.60. The van der Waals surface area contributed by atoms with E-state index in [1.54, 1.807) is 17.7 Å². The van der Waals surface area contributed by atoms with E-state index in [0.717, 1.165) is 19.3 Å². The number of nitrogens with one attached hydrogen (secondary N) is 1. The summed E-state index contributed by atoms with van der Waals surface area (Å²) < 4.78 is 6.93. The zero-order chi connectivity index (χ0) is 21.0. The minimum Gasteiger partial charge on any atom is -0.383 e. The van der Waals surface area contributed by atoms with E-state index in [9.17, 15) is 9.59 Å². The fraction of sp³-hybridized carbons (Fsp3) is 0.591. The highest BCUT2D eigenvalue weighted by Gasteiger charge is 2.27. The van der Waals surface area contributed by atoms with Crippen LogP contribution in [0.15, 0.2) is 34.2 Å². The van der Waals surface area contributed by atoms with Crippen molar-refractivity contribution in [2.45, 2.75) is 68.9 Å². The number of hydrogen-bond donors (Lipinski definition) is 1. The Balaban J connectivity index is 1.86. The molecule has 1 aliphatic carbocycles. The van der Waals surface area contributed by atoms with Crippen molar-refractivity contribution in [3.8, 4) is 0 Å². The van der Waals surface area contributed by atoms with E-state index in [4.69, 9.17) is 9.72 Å². The van der Waals surface area contributed by atoms with Crippen LogP contribution in [0.3, 0.4) is 0 Å². The van der Waals surface area contributed by atoms with E-state index in [0.29, 0.717) is 28.6 Å². The van der Waals surface area contributed by atoms with Gasteiger partial charge in [0, 0.05) is 13.2 Å². The first kappa shape index (κ1) is 21.8. The summed E-state index contributed by atoms with van der Waals surface area (Å²) in [5.74, 6) is 0.505. The van der Waals surface area contributed by atoms with Gasteiger partial charge in [0.15, 0.2) is 5.16 Å². The van der Waals surface area contributed by atoms with Crippen LogP contribution in [0, 0.1) is 5.92 Å². The molecule has 0 spiro atoms. The van der Waals surface area contributed by atoms with Crippen molar-refractivity contribution in [2.75, 3.05) is 13.7 Å². The molecular formula is C22H31N3O3S. The van der Waals surface area contributed by atoms with E-state index < -0.39 is 0 Å². The number of rotatable bonds is 7. The number of methoxy groups -OCH3 is 1. The molecule has 1 amide bonds. The standard InChI is InChI=1S/C22H31N3O3S/c1-14-9-5-7-11-18(14)23-20(26)16(3)29-22-24-19-12-8-6-10-17(19)21(27)25(22)15(2)13-28-4/h6,8,10,12,14-16,18H,5,7,9,11,13H2,1-4H3,(H,23,26)/t14-,15+,16-,18-/m1/s1. The lowest BCUT2D eigenvalue weighted by atomic mass is 9.86. The Bertz CT molecular complexity index is 914. The third-order valence-electron chi connectivity index (χ3n) is 5.71. The quantitative estimate of drug-likeness (QED) is 0.548. The van der Waals surface area contributed by atoms with Crippen LogP contribution in [0.5, 0.6) is 0 Å². The number of para-hydroxylation sites is 1. The van der Waals surface area contributed by atoms with Crippen molar-refractivity contribution in [2.24, 2.45) is 5.92 Å². The summed E-state index contributed by atoms with van der Waals surface area (Å²) in [7, 11) is 1.62. The molecule has 7 heteroatoms. The zero-order valence-electron chi connectivity index (χ0n) is 17.7. The number of thioether (sulfide) groups is 1. The number of hydrogen-bond acceptors (Lipinski definition) is 5. The lowest BCUT2D eigenvalue weighted by Gasteiger charge is -2.30. The van der Waals surface area contributed by atoms with Crippen LogP contribution in [-0.4, -0.2) is 40.5 Å². The number of carbonyl (C=O) groups excluding carboxylic acids is 1. The monoisotopic (exact) mass is 417 g/mol. The van der Waals surface area contributed by atoms with Gasteiger partial charge >= 0.3 is 0 Å². The van der Waals surface area contributed by atoms with Crippen LogP contribution in [0.2, 0.25) is 0 Å². The van der Waals surface area contributed by atoms with Gasteiger partial charge in [-0.3, -0.25) is 14.2 Å². The predicted molar refractivity (Wildman–Crippen MR) is 117 cm³/mol. The van der Waals surface area contributed by atoms with Gasteiger partial charge in [-0.1, -0.05) is 43.7 Å². The van der Waals surface area contributed by atoms with E-state index >= 15 is 0 Å². The Labute approximate surface area is 176 Å². The van der Waals surface area contributed by atoms with Crippen molar-refractivity contribution < 1.29 is 9.53 Å². The second kappa shape index (κ2) is 9.76. The highest BCUT2D eigenvalue weighted by Crippen LogP contribution is 2.27. The van der Waals surface area contributed by atoms with Gasteiger partial charge in [0.2, 0.25) is 5.91 Å². The molecule has 4 atom stereocenters. The Morgan fingerprint density at radius 2 is 2.03 bits per heavy atom. The van der Waals surface area contributed by atoms with Crippen LogP contribution in [0.25, 0.3) is 10.9 Å². The summed E-state index contributed by atoms with van der Waals surface area (Å²) in [4.78, 5) is 30.7. The van der Waals surface area contributed by atoms with Crippen LogP contribution in [0.1, 0.15) is 52.5 Å². The number of carbonyl (C=O) groups is 1. The van der Waals surface area contributed by atoms with E-state index in [2.05, 4.69) is 12.2 Å². The summed E-state index contributed by atoms with van der Waals surface area (Å²) in [5, 5.41) is 4.00. The van der Waals surface area contributed by atoms with Crippen molar-refractivity contribution in [3.05, 3.63) is 34.6 Å². The summed E-state index contributed by atoms with van der Waals surface area (Å²) >= 11 is 1.34. The third kappa shape index (κ3) is 5.01. The SMILES string of the molecule is COC[C@H](C)n1c(S[C@H](C)C(=O)N[C@@H]2CCCC[C@H]2C)nc2ccccc2c1=O. The average molecular weight is 418 g/mol. The molecule has 1 fully saturated rings. The molecule has 1 aromatic heterocycles. The second-order valence-corrected chi connectivity index (χ2v) is 9.34. The topological polar surface area (TPSA) is 73.2 Å². The summed E-state index contributed by atoms with van der Waals surface area (Å²) in [6.45, 7) is 6.41. The average Bonchev–Trinajstić information content (AvgIpc) is 2.70. The van der Waals surface area contributed by atoms with Gasteiger partial charge in [0.1, 0.15) is 0 Å². The molecule has 0 aliphatic heterocycles. The van der Waals surface area contributed by atoms with Gasteiger partial charge in [-0.05, 0) is 44.7 Å². The molecule has 0 bridgehead atoms. The molecule has 0 unspecified atom stereocenters. The number of aromatic nitrogens is 2. The second-order valence-electron chi connectivity index (χ2n) is 8.03. The molecule has 1 aromatic carbocycles. The molecule has 1 saturated carbocycles. The number of amides is 1. The minimum absolute atomic E-state index is 0.00195. The molecular weight excluding hydrogens is 386 g/mol. The smallest absolute Gasteiger partial charge is 0.262 e. The van der Waals surface area contributed by atoms with E-state index in [1.165, 1.54) is 18.2 Å². The van der Waals surface area contributed by atoms with Gasteiger partial charge in [-0.15, -0.1) is 0 Å². The maximum absolute atomic E-state index is 13.1. The Kier molecular flexibility index (Phi) is 7.35. The molecule has 3 rings (SSSR count). The number of fused-ring (bicyclic) bond motifs is 1. The molecule has 1 aliphatic rings. The minimum atomic E-state index is -0.349. The van der Waals surface area contributed by atoms with Gasteiger partial charge in [-0.2, -0.15) is 0 Å². The first-order chi connectivity index (χ1) is 13.9. The fourth-order valence-electron chi connectivity index (χ4n) is 3.96. The lowest BCUT2D eigenvalue weighted by molar-refractivity contribution is -0.121. The Hall–Kier alpha value is -1.86. The number of benzene rings is 1. The van der Waals surface area contributed by atoms with Crippen LogP contribution >= 0.6 is 11.8 Å². The molecule has 158 valence electrons. The van der Waals surface area contributed by atoms with E-state index in [1.807, 2.05) is 32.0 Å². The van der Waals surface area contributed by atoms with Crippen LogP contribution in [0.4, 0.5) is 0 Å². The number of ether oxygens (including phenoxy) is 1. The molecule has 0 saturated heterocycles. The molecule has 29 heavy (non-hydrogen) atoms. The van der Waals surface area contributed by atoms with Gasteiger partial charge in [-0.25, -0.2) is 4.98 Å². The Morgan fingerprint density at radius 1 is 1.31 bits per heavy atom. The normalized spacial score (nSPS) is 21.7. The molecule has 0 radical (unpaired) electrons. The first-order valence-electron chi connectivity index (χ1n) is 10.4. The van der Waals surface area contributed by atoms with Gasteiger partial charge < -0.3 is 10.1 Å². The van der Waals surface area contributed by atoms with Crippen molar-refractivity contribution >= 4 is 28.6 Å². The van der Waals surface area contributed by atoms with Gasteiger partial charge in [0.25, 0.3) is 5.56 Å². The fourth-order valence-corrected chi connectivity index (χ4v) is 4.97. The van der Waals surface area contributed by atoms with Crippen LogP contribution in [-0.2, 0) is 9.53 Å². The Morgan fingerprint density at radius 3 is 2.76 bits per heavy atom. The van der Waals surface area contributed by atoms with Crippen molar-refractivity contribution in [1.29, 1.82) is 0 Å². The van der Waals surface area contributed by atoms with Crippen LogP contribution < -0.4 is 10.9 Å². The third-order valence-corrected chi connectivity index (χ3v) is 6.78. The van der Waals surface area contributed by atoms with E-state index in [-0.39, 0.29) is 28.8 Å². The molecule has 6 nitrogen and oxygen atoms in total. The van der Waals surface area contributed by atoms with Crippen molar-refractivity contribution in [3.63, 3.8) is 0 Å². The molecule has 2 aromatic rings. The highest BCUT2D eigenvalue weighted by molar-refractivity contribution is 8.00. The summed E-state index contributed by atoms with van der Waals surface area (Å²) in [6, 6.07) is 7.38. The number of nitrogens with zero attached hydrogens (tertiary/aromatic N) is 2. The molecule has 1 heterocycles. The summed E-state index contributed by atoms with van der Waals surface area (Å²) in [5.41, 5.74) is 0.547. The maximum atomic E-state index is 13.1. The first-order valence-corrected chi connectivity index (χ1v) is 11.3. The maximum Gasteiger partial charge on any atom is 0.262 e. The van der Waals surface area contributed by atoms with Crippen molar-refractivity contribution in [1.82, 2.24) is 14.9 Å². The van der Waals surface area contributed by atoms with Gasteiger partial charge in [0.05, 0.1) is 28.8 Å². The molecule has 1 N–H and O–H groups in total. The lowest BCUT2D eigenvalue weighted by Crippen LogP contribution is -2.44.